The van der Waals surface area contributed by atoms with Crippen LogP contribution in [0.2, 0.25) is 0 Å². The van der Waals surface area contributed by atoms with Gasteiger partial charge in [0, 0.05) is 17.3 Å². The normalized spacial score (nSPS) is 10.8. The first-order valence-corrected chi connectivity index (χ1v) is 4.96. The Morgan fingerprint density at radius 3 is 2.11 bits per heavy atom. The molecule has 3 N–H and O–H groups in total. The zero-order chi connectivity index (χ0) is 13.7. The van der Waals surface area contributed by atoms with E-state index in [0.717, 1.165) is 6.08 Å². The lowest BCUT2D eigenvalue weighted by atomic mass is 10.2. The van der Waals surface area contributed by atoms with Crippen LogP contribution in [-0.4, -0.2) is 28.1 Å². The minimum absolute atomic E-state index is 0.0883. The van der Waals surface area contributed by atoms with Crippen molar-refractivity contribution in [3.63, 3.8) is 0 Å². The molecule has 18 heavy (non-hydrogen) atoms. The lowest BCUT2D eigenvalue weighted by Gasteiger charge is -2.02. The van der Waals surface area contributed by atoms with Crippen molar-refractivity contribution in [1.82, 2.24) is 0 Å². The summed E-state index contributed by atoms with van der Waals surface area (Å²) in [6, 6.07) is 5.52. The van der Waals surface area contributed by atoms with Crippen LogP contribution in [-0.2, 0) is 9.59 Å². The average Bonchev–Trinajstić information content (AvgIpc) is 2.29. The fraction of sp³-hybridized carbons (Fsp3) is 0.0833. The van der Waals surface area contributed by atoms with E-state index in [1.165, 1.54) is 31.2 Å². The van der Waals surface area contributed by atoms with Gasteiger partial charge in [0.25, 0.3) is 0 Å². The summed E-state index contributed by atoms with van der Waals surface area (Å²) >= 11 is 0. The molecule has 0 aromatic heterocycles. The smallest absolute Gasteiger partial charge is 0.335 e. The van der Waals surface area contributed by atoms with E-state index in [4.69, 9.17) is 10.2 Å². The van der Waals surface area contributed by atoms with Gasteiger partial charge in [-0.1, -0.05) is 0 Å². The first-order valence-electron chi connectivity index (χ1n) is 4.96. The molecule has 0 saturated carbocycles. The minimum atomic E-state index is -1.17. The van der Waals surface area contributed by atoms with E-state index in [9.17, 15) is 14.4 Å². The van der Waals surface area contributed by atoms with Gasteiger partial charge >= 0.3 is 11.9 Å². The molecule has 6 heteroatoms. The zero-order valence-corrected chi connectivity index (χ0v) is 9.51. The second kappa shape index (κ2) is 5.62. The number of anilines is 1. The molecule has 0 radical (unpaired) electrons. The van der Waals surface area contributed by atoms with Crippen molar-refractivity contribution in [2.24, 2.45) is 0 Å². The number of hydrogen-bond donors (Lipinski definition) is 3. The molecule has 0 aliphatic carbocycles. The summed E-state index contributed by atoms with van der Waals surface area (Å²) in [5.41, 5.74) is 0.402. The Labute approximate surface area is 103 Å². The lowest BCUT2D eigenvalue weighted by molar-refractivity contribution is -0.132. The third-order valence-corrected chi connectivity index (χ3v) is 2.08. The Bertz CT molecular complexity index is 516. The van der Waals surface area contributed by atoms with Crippen LogP contribution in [0.1, 0.15) is 17.3 Å². The Hall–Kier alpha value is -2.63. The number of hydrogen-bond acceptors (Lipinski definition) is 3. The molecule has 0 bridgehead atoms. The third-order valence-electron chi connectivity index (χ3n) is 2.08. The van der Waals surface area contributed by atoms with E-state index < -0.39 is 17.8 Å². The van der Waals surface area contributed by atoms with Gasteiger partial charge in [-0.05, 0) is 31.2 Å². The standard InChI is InChI=1S/C12H11NO5/c1-7(11(15)16)6-10(14)13-9-4-2-8(3-5-9)12(17)18/h2-6H,1H3,(H,13,14)(H,15,16)(H,17,18)/b7-6+. The molecule has 1 aromatic rings. The highest BCUT2D eigenvalue weighted by Crippen LogP contribution is 2.09. The van der Waals surface area contributed by atoms with E-state index in [1.807, 2.05) is 0 Å². The quantitative estimate of drug-likeness (QED) is 0.699. The summed E-state index contributed by atoms with van der Waals surface area (Å²) in [6.45, 7) is 1.30. The van der Waals surface area contributed by atoms with E-state index in [0.29, 0.717) is 5.69 Å². The lowest BCUT2D eigenvalue weighted by Crippen LogP contribution is -2.10. The van der Waals surface area contributed by atoms with Crippen LogP contribution in [0.15, 0.2) is 35.9 Å². The van der Waals surface area contributed by atoms with Gasteiger partial charge in [0.1, 0.15) is 0 Å². The molecule has 1 aromatic carbocycles. The van der Waals surface area contributed by atoms with Gasteiger partial charge in [0.2, 0.25) is 5.91 Å². The van der Waals surface area contributed by atoms with Gasteiger partial charge in [-0.25, -0.2) is 9.59 Å². The van der Waals surface area contributed by atoms with Gasteiger partial charge in [-0.15, -0.1) is 0 Å². The number of rotatable bonds is 4. The van der Waals surface area contributed by atoms with Crippen molar-refractivity contribution in [2.45, 2.75) is 6.92 Å². The van der Waals surface area contributed by atoms with Crippen LogP contribution in [0.5, 0.6) is 0 Å². The maximum Gasteiger partial charge on any atom is 0.335 e. The number of aliphatic carboxylic acids is 1. The highest BCUT2D eigenvalue weighted by Gasteiger charge is 2.06. The molecule has 0 heterocycles. The van der Waals surface area contributed by atoms with Crippen LogP contribution in [0.4, 0.5) is 5.69 Å². The first kappa shape index (κ1) is 13.4. The second-order valence-corrected chi connectivity index (χ2v) is 3.50. The Balaban J connectivity index is 2.74. The van der Waals surface area contributed by atoms with Crippen LogP contribution in [0.25, 0.3) is 0 Å². The fourth-order valence-electron chi connectivity index (χ4n) is 1.13. The number of benzene rings is 1. The van der Waals surface area contributed by atoms with Crippen molar-refractivity contribution < 1.29 is 24.6 Å². The van der Waals surface area contributed by atoms with Gasteiger partial charge in [-0.2, -0.15) is 0 Å². The fourth-order valence-corrected chi connectivity index (χ4v) is 1.13. The molecule has 0 unspecified atom stereocenters. The minimum Gasteiger partial charge on any atom is -0.478 e. The molecular weight excluding hydrogens is 238 g/mol. The van der Waals surface area contributed by atoms with Crippen LogP contribution >= 0.6 is 0 Å². The molecule has 1 amide bonds. The summed E-state index contributed by atoms with van der Waals surface area (Å²) in [7, 11) is 0. The van der Waals surface area contributed by atoms with Gasteiger partial charge in [-0.3, -0.25) is 4.79 Å². The van der Waals surface area contributed by atoms with E-state index >= 15 is 0 Å². The number of nitrogens with one attached hydrogen (secondary N) is 1. The summed E-state index contributed by atoms with van der Waals surface area (Å²) in [5.74, 6) is -2.82. The maximum atomic E-state index is 11.4. The number of amides is 1. The van der Waals surface area contributed by atoms with E-state index in [-0.39, 0.29) is 11.1 Å². The highest BCUT2D eigenvalue weighted by atomic mass is 16.4. The molecule has 0 spiro atoms. The van der Waals surface area contributed by atoms with E-state index in [2.05, 4.69) is 5.32 Å². The monoisotopic (exact) mass is 249 g/mol. The van der Waals surface area contributed by atoms with Crippen molar-refractivity contribution in [3.05, 3.63) is 41.5 Å². The predicted molar refractivity (Wildman–Crippen MR) is 63.4 cm³/mol. The molecule has 6 nitrogen and oxygen atoms in total. The Morgan fingerprint density at radius 1 is 1.11 bits per heavy atom. The second-order valence-electron chi connectivity index (χ2n) is 3.50. The number of carbonyl (C=O) groups excluding carboxylic acids is 1. The predicted octanol–water partition coefficient (Wildman–Crippen LogP) is 1.35. The van der Waals surface area contributed by atoms with Crippen molar-refractivity contribution in [3.8, 4) is 0 Å². The molecule has 0 aliphatic rings. The third kappa shape index (κ3) is 3.75. The molecule has 0 aliphatic heterocycles. The summed E-state index contributed by atoms with van der Waals surface area (Å²) < 4.78 is 0. The molecule has 0 fully saturated rings. The summed E-state index contributed by atoms with van der Waals surface area (Å²) in [5, 5.41) is 19.7. The molecule has 1 rings (SSSR count). The largest absolute Gasteiger partial charge is 0.478 e. The van der Waals surface area contributed by atoms with Gasteiger partial charge in [0.05, 0.1) is 5.56 Å². The van der Waals surface area contributed by atoms with Crippen molar-refractivity contribution >= 4 is 23.5 Å². The Kier molecular flexibility index (Phi) is 4.20. The SMILES string of the molecule is C/C(=C\C(=O)Nc1ccc(C(=O)O)cc1)C(=O)O. The summed E-state index contributed by atoms with van der Waals surface area (Å²) in [6.07, 6.45) is 0.952. The van der Waals surface area contributed by atoms with Crippen LogP contribution in [0, 0.1) is 0 Å². The maximum absolute atomic E-state index is 11.4. The number of carbonyl (C=O) groups is 3. The molecule has 94 valence electrons. The Morgan fingerprint density at radius 2 is 1.67 bits per heavy atom. The van der Waals surface area contributed by atoms with Crippen molar-refractivity contribution in [1.29, 1.82) is 0 Å². The average molecular weight is 249 g/mol. The number of aromatic carboxylic acids is 1. The topological polar surface area (TPSA) is 104 Å². The van der Waals surface area contributed by atoms with Crippen LogP contribution < -0.4 is 5.32 Å². The van der Waals surface area contributed by atoms with Gasteiger partial charge < -0.3 is 15.5 Å². The van der Waals surface area contributed by atoms with E-state index in [1.54, 1.807) is 0 Å². The van der Waals surface area contributed by atoms with Gasteiger partial charge in [0.15, 0.2) is 0 Å². The highest BCUT2D eigenvalue weighted by molar-refractivity contribution is 6.04. The summed E-state index contributed by atoms with van der Waals surface area (Å²) in [4.78, 5) is 32.5. The number of carboxylic acid groups (broad SMARTS) is 2. The zero-order valence-electron chi connectivity index (χ0n) is 9.51. The first-order chi connectivity index (χ1) is 8.40. The molecule has 0 atom stereocenters. The number of carboxylic acids is 2. The van der Waals surface area contributed by atoms with Crippen LogP contribution in [0.3, 0.4) is 0 Å². The molecule has 0 saturated heterocycles. The molecular formula is C12H11NO5. The van der Waals surface area contributed by atoms with Crippen molar-refractivity contribution in [2.75, 3.05) is 5.32 Å².